The number of hydrogen-bond acceptors (Lipinski definition) is 8. The van der Waals surface area contributed by atoms with Crippen LogP contribution in [0.2, 0.25) is 0 Å². The topological polar surface area (TPSA) is 98.8 Å². The number of esters is 1. The summed E-state index contributed by atoms with van der Waals surface area (Å²) >= 11 is 0. The van der Waals surface area contributed by atoms with Crippen LogP contribution in [0.3, 0.4) is 0 Å². The van der Waals surface area contributed by atoms with Crippen molar-refractivity contribution >= 4 is 5.97 Å². The van der Waals surface area contributed by atoms with Gasteiger partial charge in [0.1, 0.15) is 12.3 Å². The lowest BCUT2D eigenvalue weighted by Gasteiger charge is -2.26. The molecule has 0 aliphatic carbocycles. The number of carbonyl (C=O) groups excluding carboxylic acids is 1. The SMILES string of the molecule is CCOC(=O)c1n[nH]nc1-c1ccc(OCCN2CCOCC2)c(OCC)c1. The van der Waals surface area contributed by atoms with E-state index in [-0.39, 0.29) is 12.3 Å². The van der Waals surface area contributed by atoms with Crippen molar-refractivity contribution < 1.29 is 23.7 Å². The summed E-state index contributed by atoms with van der Waals surface area (Å²) in [4.78, 5) is 14.4. The molecule has 2 heterocycles. The van der Waals surface area contributed by atoms with Crippen molar-refractivity contribution in [1.82, 2.24) is 20.3 Å². The van der Waals surface area contributed by atoms with Crippen LogP contribution in [0.4, 0.5) is 0 Å². The van der Waals surface area contributed by atoms with Gasteiger partial charge in [-0.05, 0) is 32.0 Å². The fourth-order valence-corrected chi connectivity index (χ4v) is 2.93. The van der Waals surface area contributed by atoms with E-state index in [1.54, 1.807) is 13.0 Å². The molecule has 152 valence electrons. The van der Waals surface area contributed by atoms with Gasteiger partial charge in [-0.1, -0.05) is 0 Å². The van der Waals surface area contributed by atoms with Gasteiger partial charge >= 0.3 is 5.97 Å². The highest BCUT2D eigenvalue weighted by atomic mass is 16.5. The minimum absolute atomic E-state index is 0.144. The Morgan fingerprint density at radius 2 is 1.96 bits per heavy atom. The van der Waals surface area contributed by atoms with E-state index in [2.05, 4.69) is 20.3 Å². The Labute approximate surface area is 163 Å². The zero-order valence-electron chi connectivity index (χ0n) is 16.3. The smallest absolute Gasteiger partial charge is 0.361 e. The molecule has 1 saturated heterocycles. The van der Waals surface area contributed by atoms with E-state index in [1.165, 1.54) is 0 Å². The monoisotopic (exact) mass is 390 g/mol. The van der Waals surface area contributed by atoms with Crippen molar-refractivity contribution in [3.8, 4) is 22.8 Å². The molecule has 1 aliphatic heterocycles. The van der Waals surface area contributed by atoms with Crippen molar-refractivity contribution in [2.45, 2.75) is 13.8 Å². The molecule has 28 heavy (non-hydrogen) atoms. The zero-order valence-corrected chi connectivity index (χ0v) is 16.3. The summed E-state index contributed by atoms with van der Waals surface area (Å²) in [5, 5.41) is 10.5. The van der Waals surface area contributed by atoms with Gasteiger partial charge in [0.15, 0.2) is 17.2 Å². The van der Waals surface area contributed by atoms with Crippen molar-refractivity contribution in [3.63, 3.8) is 0 Å². The van der Waals surface area contributed by atoms with Crippen LogP contribution in [-0.2, 0) is 9.47 Å². The molecule has 0 bridgehead atoms. The Kier molecular flexibility index (Phi) is 7.21. The van der Waals surface area contributed by atoms with Crippen LogP contribution in [0.15, 0.2) is 18.2 Å². The zero-order chi connectivity index (χ0) is 19.8. The van der Waals surface area contributed by atoms with E-state index < -0.39 is 5.97 Å². The second kappa shape index (κ2) is 10.0. The Balaban J connectivity index is 1.72. The highest BCUT2D eigenvalue weighted by molar-refractivity contribution is 5.94. The molecule has 9 nitrogen and oxygen atoms in total. The van der Waals surface area contributed by atoms with Gasteiger partial charge in [-0.15, -0.1) is 5.10 Å². The lowest BCUT2D eigenvalue weighted by molar-refractivity contribution is 0.0321. The number of carbonyl (C=O) groups is 1. The molecule has 0 amide bonds. The van der Waals surface area contributed by atoms with E-state index in [1.807, 2.05) is 19.1 Å². The van der Waals surface area contributed by atoms with E-state index in [0.717, 1.165) is 32.8 Å². The van der Waals surface area contributed by atoms with Crippen molar-refractivity contribution in [1.29, 1.82) is 0 Å². The lowest BCUT2D eigenvalue weighted by Crippen LogP contribution is -2.38. The normalized spacial score (nSPS) is 14.6. The predicted molar refractivity (Wildman–Crippen MR) is 102 cm³/mol. The molecule has 2 aromatic rings. The van der Waals surface area contributed by atoms with Gasteiger partial charge in [0.25, 0.3) is 0 Å². The molecule has 1 aromatic heterocycles. The van der Waals surface area contributed by atoms with Crippen LogP contribution < -0.4 is 9.47 Å². The summed E-state index contributed by atoms with van der Waals surface area (Å²) in [5.41, 5.74) is 1.25. The highest BCUT2D eigenvalue weighted by Gasteiger charge is 2.20. The van der Waals surface area contributed by atoms with Gasteiger partial charge in [0.2, 0.25) is 0 Å². The molecular formula is C19H26N4O5. The van der Waals surface area contributed by atoms with Gasteiger partial charge in [0.05, 0.1) is 26.4 Å². The van der Waals surface area contributed by atoms with Crippen LogP contribution in [0, 0.1) is 0 Å². The third-order valence-electron chi connectivity index (χ3n) is 4.30. The number of hydrogen-bond donors (Lipinski definition) is 1. The number of nitrogens with zero attached hydrogens (tertiary/aromatic N) is 3. The first-order valence-corrected chi connectivity index (χ1v) is 9.51. The maximum Gasteiger partial charge on any atom is 0.361 e. The Bertz CT molecular complexity index is 773. The number of rotatable bonds is 9. The lowest BCUT2D eigenvalue weighted by atomic mass is 10.1. The Morgan fingerprint density at radius 3 is 2.71 bits per heavy atom. The molecule has 0 radical (unpaired) electrons. The fourth-order valence-electron chi connectivity index (χ4n) is 2.93. The van der Waals surface area contributed by atoms with Crippen LogP contribution in [0.5, 0.6) is 11.5 Å². The minimum atomic E-state index is -0.518. The van der Waals surface area contributed by atoms with Crippen LogP contribution in [0.25, 0.3) is 11.3 Å². The van der Waals surface area contributed by atoms with E-state index in [0.29, 0.717) is 36.0 Å². The average molecular weight is 390 g/mol. The summed E-state index contributed by atoms with van der Waals surface area (Å²) in [5.74, 6) is 0.731. The number of morpholine rings is 1. The maximum atomic E-state index is 12.1. The van der Waals surface area contributed by atoms with Crippen molar-refractivity contribution in [2.75, 3.05) is 52.7 Å². The fraction of sp³-hybridized carbons (Fsp3) is 0.526. The molecule has 1 N–H and O–H groups in total. The van der Waals surface area contributed by atoms with Crippen LogP contribution in [-0.4, -0.2) is 78.9 Å². The van der Waals surface area contributed by atoms with E-state index >= 15 is 0 Å². The quantitative estimate of drug-likeness (QED) is 0.647. The molecule has 9 heteroatoms. The molecule has 1 aromatic carbocycles. The molecule has 0 unspecified atom stereocenters. The molecule has 0 saturated carbocycles. The summed E-state index contributed by atoms with van der Waals surface area (Å²) in [6.45, 7) is 9.16. The summed E-state index contributed by atoms with van der Waals surface area (Å²) in [7, 11) is 0. The van der Waals surface area contributed by atoms with Gasteiger partial charge < -0.3 is 18.9 Å². The first-order valence-electron chi connectivity index (χ1n) is 9.51. The second-order valence-electron chi connectivity index (χ2n) is 6.14. The van der Waals surface area contributed by atoms with Gasteiger partial charge in [-0.3, -0.25) is 4.90 Å². The summed E-state index contributed by atoms with van der Waals surface area (Å²) < 4.78 is 22.1. The number of aromatic amines is 1. The molecular weight excluding hydrogens is 364 g/mol. The predicted octanol–water partition coefficient (Wildman–Crippen LogP) is 1.76. The Morgan fingerprint density at radius 1 is 1.14 bits per heavy atom. The number of nitrogens with one attached hydrogen (secondary N) is 1. The molecule has 0 atom stereocenters. The molecule has 1 fully saturated rings. The first-order chi connectivity index (χ1) is 13.7. The van der Waals surface area contributed by atoms with Crippen LogP contribution >= 0.6 is 0 Å². The summed E-state index contributed by atoms with van der Waals surface area (Å²) in [6.07, 6.45) is 0. The van der Waals surface area contributed by atoms with Crippen molar-refractivity contribution in [3.05, 3.63) is 23.9 Å². The third kappa shape index (κ3) is 4.99. The largest absolute Gasteiger partial charge is 0.490 e. The molecule has 3 rings (SSSR count). The number of H-pyrrole nitrogens is 1. The van der Waals surface area contributed by atoms with Gasteiger partial charge in [-0.25, -0.2) is 4.79 Å². The standard InChI is InChI=1S/C19H26N4O5/c1-3-26-16-13-14(17-18(21-22-20-17)19(24)27-4-2)5-6-15(16)28-12-9-23-7-10-25-11-8-23/h5-6,13H,3-4,7-12H2,1-2H3,(H,20,21,22). The van der Waals surface area contributed by atoms with E-state index in [9.17, 15) is 4.79 Å². The third-order valence-corrected chi connectivity index (χ3v) is 4.30. The van der Waals surface area contributed by atoms with Gasteiger partial charge in [0, 0.05) is 25.2 Å². The molecule has 0 spiro atoms. The van der Waals surface area contributed by atoms with E-state index in [4.69, 9.17) is 18.9 Å². The van der Waals surface area contributed by atoms with Crippen molar-refractivity contribution in [2.24, 2.45) is 0 Å². The maximum absolute atomic E-state index is 12.1. The molecule has 1 aliphatic rings. The minimum Gasteiger partial charge on any atom is -0.490 e. The number of ether oxygens (including phenoxy) is 4. The highest BCUT2D eigenvalue weighted by Crippen LogP contribution is 2.33. The number of benzene rings is 1. The van der Waals surface area contributed by atoms with Gasteiger partial charge in [-0.2, -0.15) is 10.3 Å². The number of aromatic nitrogens is 3. The van der Waals surface area contributed by atoms with Crippen LogP contribution in [0.1, 0.15) is 24.3 Å². The first kappa shape index (κ1) is 20.1. The average Bonchev–Trinajstić information content (AvgIpc) is 3.20. The summed E-state index contributed by atoms with van der Waals surface area (Å²) in [6, 6.07) is 5.45. The Hall–Kier alpha value is -2.65. The second-order valence-corrected chi connectivity index (χ2v) is 6.14.